The van der Waals surface area contributed by atoms with Gasteiger partial charge in [-0.2, -0.15) is 5.10 Å². The first-order valence-corrected chi connectivity index (χ1v) is 7.24. The van der Waals surface area contributed by atoms with Gasteiger partial charge in [-0.1, -0.05) is 6.07 Å². The van der Waals surface area contributed by atoms with Crippen LogP contribution in [0.25, 0.3) is 0 Å². The fourth-order valence-corrected chi connectivity index (χ4v) is 2.26. The molecule has 1 amide bonds. The topological polar surface area (TPSA) is 78.3 Å². The molecule has 22 heavy (non-hydrogen) atoms. The highest BCUT2D eigenvalue weighted by atomic mass is 16.6. The molecule has 2 heterocycles. The van der Waals surface area contributed by atoms with Crippen molar-refractivity contribution in [2.75, 3.05) is 19.8 Å². The molecule has 1 aromatic heterocycles. The molecule has 0 saturated heterocycles. The minimum Gasteiger partial charge on any atom is -0.486 e. The molecule has 0 fully saturated rings. The minimum absolute atomic E-state index is 0.0805. The first-order valence-electron chi connectivity index (χ1n) is 7.24. The SMILES string of the molecule is C[C@H](C(=O)NCCc1ccc2c(c1)OCCO2)n1cncn1. The van der Waals surface area contributed by atoms with E-state index < -0.39 is 0 Å². The van der Waals surface area contributed by atoms with Gasteiger partial charge in [0, 0.05) is 6.54 Å². The zero-order valence-electron chi connectivity index (χ0n) is 12.4. The molecule has 2 aromatic rings. The molecule has 0 radical (unpaired) electrons. The molecule has 0 unspecified atom stereocenters. The predicted octanol–water partition coefficient (Wildman–Crippen LogP) is 0.969. The third kappa shape index (κ3) is 3.19. The van der Waals surface area contributed by atoms with Gasteiger partial charge in [-0.05, 0) is 31.0 Å². The number of benzene rings is 1. The van der Waals surface area contributed by atoms with Gasteiger partial charge in [-0.3, -0.25) is 4.79 Å². The van der Waals surface area contributed by atoms with Gasteiger partial charge in [0.2, 0.25) is 5.91 Å². The van der Waals surface area contributed by atoms with E-state index in [1.807, 2.05) is 18.2 Å². The van der Waals surface area contributed by atoms with Crippen LogP contribution < -0.4 is 14.8 Å². The Balaban J connectivity index is 1.51. The number of carbonyl (C=O) groups excluding carboxylic acids is 1. The van der Waals surface area contributed by atoms with Crippen LogP contribution in [0.3, 0.4) is 0 Å². The molecule has 0 spiro atoms. The van der Waals surface area contributed by atoms with Crippen molar-refractivity contribution in [1.82, 2.24) is 20.1 Å². The summed E-state index contributed by atoms with van der Waals surface area (Å²) in [5.74, 6) is 1.47. The van der Waals surface area contributed by atoms with Gasteiger partial charge in [0.25, 0.3) is 0 Å². The van der Waals surface area contributed by atoms with Crippen molar-refractivity contribution in [2.45, 2.75) is 19.4 Å². The van der Waals surface area contributed by atoms with Gasteiger partial charge in [0.05, 0.1) is 0 Å². The summed E-state index contributed by atoms with van der Waals surface area (Å²) >= 11 is 0. The summed E-state index contributed by atoms with van der Waals surface area (Å²) in [5, 5.41) is 6.87. The van der Waals surface area contributed by atoms with Crippen LogP contribution in [0.15, 0.2) is 30.9 Å². The summed E-state index contributed by atoms with van der Waals surface area (Å²) in [4.78, 5) is 15.9. The summed E-state index contributed by atoms with van der Waals surface area (Å²) in [5.41, 5.74) is 1.10. The van der Waals surface area contributed by atoms with E-state index in [-0.39, 0.29) is 11.9 Å². The van der Waals surface area contributed by atoms with E-state index in [4.69, 9.17) is 9.47 Å². The molecule has 0 saturated carbocycles. The summed E-state index contributed by atoms with van der Waals surface area (Å²) < 4.78 is 12.6. The summed E-state index contributed by atoms with van der Waals surface area (Å²) in [7, 11) is 0. The first kappa shape index (κ1) is 14.4. The molecular formula is C15H18N4O3. The summed E-state index contributed by atoms with van der Waals surface area (Å²) in [6, 6.07) is 5.48. The highest BCUT2D eigenvalue weighted by Gasteiger charge is 2.15. The molecular weight excluding hydrogens is 284 g/mol. The molecule has 3 rings (SSSR count). The average Bonchev–Trinajstić information content (AvgIpc) is 3.08. The maximum Gasteiger partial charge on any atom is 0.244 e. The lowest BCUT2D eigenvalue weighted by molar-refractivity contribution is -0.124. The number of amides is 1. The third-order valence-corrected chi connectivity index (χ3v) is 3.53. The van der Waals surface area contributed by atoms with Gasteiger partial charge in [0.1, 0.15) is 31.9 Å². The van der Waals surface area contributed by atoms with E-state index in [1.54, 1.807) is 6.92 Å². The van der Waals surface area contributed by atoms with Gasteiger partial charge < -0.3 is 14.8 Å². The maximum absolute atomic E-state index is 12.0. The van der Waals surface area contributed by atoms with Crippen LogP contribution in [0.1, 0.15) is 18.5 Å². The summed E-state index contributed by atoms with van der Waals surface area (Å²) in [6.45, 7) is 3.50. The summed E-state index contributed by atoms with van der Waals surface area (Å²) in [6.07, 6.45) is 3.68. The molecule has 116 valence electrons. The molecule has 1 aromatic carbocycles. The number of rotatable bonds is 5. The van der Waals surface area contributed by atoms with Crippen molar-refractivity contribution in [3.05, 3.63) is 36.4 Å². The normalized spacial score (nSPS) is 14.4. The van der Waals surface area contributed by atoms with E-state index >= 15 is 0 Å². The van der Waals surface area contributed by atoms with Crippen LogP contribution in [0.4, 0.5) is 0 Å². The number of nitrogens with zero attached hydrogens (tertiary/aromatic N) is 3. The van der Waals surface area contributed by atoms with E-state index in [9.17, 15) is 4.79 Å². The van der Waals surface area contributed by atoms with Crippen molar-refractivity contribution in [2.24, 2.45) is 0 Å². The van der Waals surface area contributed by atoms with Crippen LogP contribution in [0, 0.1) is 0 Å². The van der Waals surface area contributed by atoms with Gasteiger partial charge in [0.15, 0.2) is 11.5 Å². The fourth-order valence-electron chi connectivity index (χ4n) is 2.26. The van der Waals surface area contributed by atoms with Crippen molar-refractivity contribution in [3.63, 3.8) is 0 Å². The molecule has 1 N–H and O–H groups in total. The van der Waals surface area contributed by atoms with E-state index in [1.165, 1.54) is 17.3 Å². The minimum atomic E-state index is -0.372. The second-order valence-corrected chi connectivity index (χ2v) is 5.07. The number of carbonyl (C=O) groups is 1. The van der Waals surface area contributed by atoms with Crippen LogP contribution in [-0.2, 0) is 11.2 Å². The largest absolute Gasteiger partial charge is 0.486 e. The van der Waals surface area contributed by atoms with Crippen molar-refractivity contribution in [1.29, 1.82) is 0 Å². The van der Waals surface area contributed by atoms with Gasteiger partial charge in [-0.15, -0.1) is 0 Å². The van der Waals surface area contributed by atoms with E-state index in [0.717, 1.165) is 23.5 Å². The molecule has 1 atom stereocenters. The Morgan fingerprint density at radius 3 is 2.95 bits per heavy atom. The lowest BCUT2D eigenvalue weighted by Crippen LogP contribution is -2.32. The Hall–Kier alpha value is -2.57. The Kier molecular flexibility index (Phi) is 4.22. The number of fused-ring (bicyclic) bond motifs is 1. The monoisotopic (exact) mass is 302 g/mol. The smallest absolute Gasteiger partial charge is 0.244 e. The number of nitrogens with one attached hydrogen (secondary N) is 1. The first-order chi connectivity index (χ1) is 10.7. The Morgan fingerprint density at radius 2 is 2.18 bits per heavy atom. The second-order valence-electron chi connectivity index (χ2n) is 5.07. The molecule has 7 nitrogen and oxygen atoms in total. The zero-order chi connectivity index (χ0) is 15.4. The predicted molar refractivity (Wildman–Crippen MR) is 78.9 cm³/mol. The Morgan fingerprint density at radius 1 is 1.36 bits per heavy atom. The number of aromatic nitrogens is 3. The van der Waals surface area contributed by atoms with Crippen LogP contribution in [-0.4, -0.2) is 40.4 Å². The molecule has 1 aliphatic rings. The van der Waals surface area contributed by atoms with E-state index in [0.29, 0.717) is 19.8 Å². The van der Waals surface area contributed by atoms with E-state index in [2.05, 4.69) is 15.4 Å². The van der Waals surface area contributed by atoms with Crippen LogP contribution in [0.5, 0.6) is 11.5 Å². The lowest BCUT2D eigenvalue weighted by atomic mass is 10.1. The second kappa shape index (κ2) is 6.46. The van der Waals surface area contributed by atoms with Crippen molar-refractivity contribution >= 4 is 5.91 Å². The lowest BCUT2D eigenvalue weighted by Gasteiger charge is -2.19. The standard InChI is InChI=1S/C15H18N4O3/c1-11(19-10-16-9-18-19)15(20)17-5-4-12-2-3-13-14(8-12)22-7-6-21-13/h2-3,8-11H,4-7H2,1H3,(H,17,20)/t11-/m1/s1. The van der Waals surface area contributed by atoms with Crippen LogP contribution >= 0.6 is 0 Å². The highest BCUT2D eigenvalue weighted by Crippen LogP contribution is 2.30. The third-order valence-electron chi connectivity index (χ3n) is 3.53. The van der Waals surface area contributed by atoms with Crippen molar-refractivity contribution < 1.29 is 14.3 Å². The quantitative estimate of drug-likeness (QED) is 0.890. The number of hydrogen-bond donors (Lipinski definition) is 1. The fraction of sp³-hybridized carbons (Fsp3) is 0.400. The molecule has 0 aliphatic carbocycles. The number of ether oxygens (including phenoxy) is 2. The number of hydrogen-bond acceptors (Lipinski definition) is 5. The van der Waals surface area contributed by atoms with Crippen LogP contribution in [0.2, 0.25) is 0 Å². The molecule has 1 aliphatic heterocycles. The average molecular weight is 302 g/mol. The molecule has 7 heteroatoms. The van der Waals surface area contributed by atoms with Crippen molar-refractivity contribution in [3.8, 4) is 11.5 Å². The Labute approximate surface area is 128 Å². The highest BCUT2D eigenvalue weighted by molar-refractivity contribution is 5.79. The van der Waals surface area contributed by atoms with Gasteiger partial charge >= 0.3 is 0 Å². The van der Waals surface area contributed by atoms with Gasteiger partial charge in [-0.25, -0.2) is 9.67 Å². The Bertz CT molecular complexity index is 642. The maximum atomic E-state index is 12.0. The molecule has 0 bridgehead atoms. The zero-order valence-corrected chi connectivity index (χ0v) is 12.4.